The third-order valence-electron chi connectivity index (χ3n) is 6.52. The minimum Gasteiger partial charge on any atom is -0.487 e. The van der Waals surface area contributed by atoms with Gasteiger partial charge in [-0.3, -0.25) is 4.79 Å². The van der Waals surface area contributed by atoms with Gasteiger partial charge in [-0.05, 0) is 61.6 Å². The lowest BCUT2D eigenvalue weighted by Crippen LogP contribution is -2.22. The van der Waals surface area contributed by atoms with Gasteiger partial charge >= 0.3 is 5.97 Å². The lowest BCUT2D eigenvalue weighted by Gasteiger charge is -2.31. The molecule has 154 valence electrons. The summed E-state index contributed by atoms with van der Waals surface area (Å²) < 4.78 is 13.7. The molecule has 1 aliphatic heterocycles. The van der Waals surface area contributed by atoms with E-state index in [1.165, 1.54) is 11.1 Å². The highest BCUT2D eigenvalue weighted by Crippen LogP contribution is 2.49. The predicted octanol–water partition coefficient (Wildman–Crippen LogP) is 4.26. The molecular formula is C24H25N3O3. The Bertz CT molecular complexity index is 1110. The van der Waals surface area contributed by atoms with E-state index >= 15 is 0 Å². The molecule has 0 spiro atoms. The molecule has 2 aromatic carbocycles. The molecule has 0 N–H and O–H groups in total. The van der Waals surface area contributed by atoms with E-state index in [1.807, 2.05) is 43.5 Å². The zero-order valence-electron chi connectivity index (χ0n) is 17.5. The Balaban J connectivity index is 1.40. The summed E-state index contributed by atoms with van der Waals surface area (Å²) in [6.07, 6.45) is 3.70. The van der Waals surface area contributed by atoms with Crippen molar-refractivity contribution in [1.29, 1.82) is 0 Å². The van der Waals surface area contributed by atoms with Crippen LogP contribution >= 0.6 is 0 Å². The van der Waals surface area contributed by atoms with Crippen molar-refractivity contribution in [2.45, 2.75) is 46.3 Å². The number of hydrogen-bond donors (Lipinski definition) is 0. The van der Waals surface area contributed by atoms with Gasteiger partial charge in [-0.25, -0.2) is 4.68 Å². The number of hydrogen-bond acceptors (Lipinski definition) is 5. The maximum atomic E-state index is 12.2. The second-order valence-electron chi connectivity index (χ2n) is 8.34. The molecule has 0 saturated carbocycles. The van der Waals surface area contributed by atoms with E-state index in [1.54, 1.807) is 4.68 Å². The number of para-hydroxylation sites is 1. The number of aromatic nitrogens is 3. The second-order valence-corrected chi connectivity index (χ2v) is 8.34. The SMILES string of the molecule is Cc1cc(OCc2cn(-c3ccccc3)nn2)c(C)c2c1CCC1C(C)C(=O)OC21. The predicted molar refractivity (Wildman–Crippen MR) is 111 cm³/mol. The van der Waals surface area contributed by atoms with Gasteiger partial charge in [-0.1, -0.05) is 30.3 Å². The van der Waals surface area contributed by atoms with E-state index in [2.05, 4.69) is 30.2 Å². The Morgan fingerprint density at radius 3 is 2.83 bits per heavy atom. The van der Waals surface area contributed by atoms with Gasteiger partial charge < -0.3 is 9.47 Å². The number of carbonyl (C=O) groups excluding carboxylic acids is 1. The highest BCUT2D eigenvalue weighted by molar-refractivity contribution is 5.76. The van der Waals surface area contributed by atoms with Crippen LogP contribution in [0.4, 0.5) is 0 Å². The third kappa shape index (κ3) is 3.07. The minimum absolute atomic E-state index is 0.0412. The fraction of sp³-hybridized carbons (Fsp3) is 0.375. The molecule has 1 aliphatic carbocycles. The lowest BCUT2D eigenvalue weighted by atomic mass is 9.74. The van der Waals surface area contributed by atoms with Gasteiger partial charge in [-0.15, -0.1) is 5.10 Å². The summed E-state index contributed by atoms with van der Waals surface area (Å²) in [6, 6.07) is 12.0. The van der Waals surface area contributed by atoms with Crippen LogP contribution in [0.15, 0.2) is 42.6 Å². The fourth-order valence-corrected chi connectivity index (χ4v) is 4.80. The fourth-order valence-electron chi connectivity index (χ4n) is 4.80. The molecule has 2 aliphatic rings. The first kappa shape index (κ1) is 18.9. The van der Waals surface area contributed by atoms with Gasteiger partial charge in [0, 0.05) is 11.5 Å². The van der Waals surface area contributed by atoms with Crippen molar-refractivity contribution >= 4 is 5.97 Å². The number of rotatable bonds is 4. The molecule has 0 bridgehead atoms. The van der Waals surface area contributed by atoms with Gasteiger partial charge in [0.15, 0.2) is 0 Å². The molecular weight excluding hydrogens is 378 g/mol. The zero-order valence-corrected chi connectivity index (χ0v) is 17.5. The monoisotopic (exact) mass is 403 g/mol. The number of nitrogens with zero attached hydrogens (tertiary/aromatic N) is 3. The molecule has 3 atom stereocenters. The number of carbonyl (C=O) groups is 1. The van der Waals surface area contributed by atoms with Crippen LogP contribution in [0.2, 0.25) is 0 Å². The van der Waals surface area contributed by atoms with Crippen LogP contribution in [-0.2, 0) is 22.6 Å². The highest BCUT2D eigenvalue weighted by Gasteiger charge is 2.46. The molecule has 1 aromatic heterocycles. The van der Waals surface area contributed by atoms with Gasteiger partial charge in [0.05, 0.1) is 17.8 Å². The third-order valence-corrected chi connectivity index (χ3v) is 6.52. The standard InChI is InChI=1S/C24H25N3O3/c1-14-11-21(29-13-17-12-27(26-25-17)18-7-5-4-6-8-18)16(3)22-19(14)9-10-20-15(2)24(28)30-23(20)22/h4-8,11-12,15,20,23H,9-10,13H2,1-3H3. The average molecular weight is 403 g/mol. The maximum Gasteiger partial charge on any atom is 0.309 e. The first-order valence-electron chi connectivity index (χ1n) is 10.5. The van der Waals surface area contributed by atoms with Crippen LogP contribution in [0.1, 0.15) is 47.4 Å². The lowest BCUT2D eigenvalue weighted by molar-refractivity contribution is -0.144. The van der Waals surface area contributed by atoms with Gasteiger partial charge in [-0.2, -0.15) is 0 Å². The van der Waals surface area contributed by atoms with Crippen molar-refractivity contribution in [3.8, 4) is 11.4 Å². The molecule has 0 amide bonds. The molecule has 1 fully saturated rings. The number of benzene rings is 2. The number of ether oxygens (including phenoxy) is 2. The molecule has 2 heterocycles. The molecule has 6 nitrogen and oxygen atoms in total. The van der Waals surface area contributed by atoms with Crippen LogP contribution in [0.3, 0.4) is 0 Å². The zero-order chi connectivity index (χ0) is 20.8. The summed E-state index contributed by atoms with van der Waals surface area (Å²) in [5, 5.41) is 8.44. The first-order chi connectivity index (χ1) is 14.5. The van der Waals surface area contributed by atoms with Crippen LogP contribution in [0, 0.1) is 25.7 Å². The quantitative estimate of drug-likeness (QED) is 0.609. The van der Waals surface area contributed by atoms with Crippen molar-refractivity contribution in [3.05, 3.63) is 70.5 Å². The van der Waals surface area contributed by atoms with Gasteiger partial charge in [0.1, 0.15) is 24.2 Å². The molecule has 5 rings (SSSR count). The number of aryl methyl sites for hydroxylation is 1. The first-order valence-corrected chi connectivity index (χ1v) is 10.5. The highest BCUT2D eigenvalue weighted by atomic mass is 16.6. The van der Waals surface area contributed by atoms with Gasteiger partial charge in [0.25, 0.3) is 0 Å². The Morgan fingerprint density at radius 1 is 1.23 bits per heavy atom. The van der Waals surface area contributed by atoms with Crippen molar-refractivity contribution in [3.63, 3.8) is 0 Å². The molecule has 30 heavy (non-hydrogen) atoms. The van der Waals surface area contributed by atoms with Gasteiger partial charge in [0.2, 0.25) is 0 Å². The molecule has 1 saturated heterocycles. The van der Waals surface area contributed by atoms with Crippen molar-refractivity contribution < 1.29 is 14.3 Å². The summed E-state index contributed by atoms with van der Waals surface area (Å²) >= 11 is 0. The molecule has 3 aromatic rings. The number of esters is 1. The van der Waals surface area contributed by atoms with Crippen LogP contribution in [0.25, 0.3) is 5.69 Å². The summed E-state index contributed by atoms with van der Waals surface area (Å²) in [5.41, 5.74) is 6.41. The minimum atomic E-state index is -0.155. The normalized spacial score (nSPS) is 22.4. The largest absolute Gasteiger partial charge is 0.487 e. The van der Waals surface area contributed by atoms with Crippen LogP contribution < -0.4 is 4.74 Å². The molecule has 0 radical (unpaired) electrons. The average Bonchev–Trinajstić information content (AvgIpc) is 3.35. The summed E-state index contributed by atoms with van der Waals surface area (Å²) in [6.45, 7) is 6.48. The van der Waals surface area contributed by atoms with Crippen LogP contribution in [0.5, 0.6) is 5.75 Å². The van der Waals surface area contributed by atoms with Crippen molar-refractivity contribution in [2.24, 2.45) is 11.8 Å². The summed E-state index contributed by atoms with van der Waals surface area (Å²) in [7, 11) is 0. The summed E-state index contributed by atoms with van der Waals surface area (Å²) in [5.74, 6) is 0.945. The van der Waals surface area contributed by atoms with E-state index in [0.29, 0.717) is 6.61 Å². The summed E-state index contributed by atoms with van der Waals surface area (Å²) in [4.78, 5) is 12.2. The smallest absolute Gasteiger partial charge is 0.309 e. The topological polar surface area (TPSA) is 66.2 Å². The van der Waals surface area contributed by atoms with Crippen molar-refractivity contribution in [1.82, 2.24) is 15.0 Å². The van der Waals surface area contributed by atoms with E-state index in [4.69, 9.17) is 9.47 Å². The Labute approximate surface area is 175 Å². The van der Waals surface area contributed by atoms with E-state index in [9.17, 15) is 4.79 Å². The number of fused-ring (bicyclic) bond motifs is 3. The Kier molecular flexibility index (Phi) is 4.57. The maximum absolute atomic E-state index is 12.2. The molecule has 6 heteroatoms. The van der Waals surface area contributed by atoms with E-state index in [-0.39, 0.29) is 23.9 Å². The van der Waals surface area contributed by atoms with E-state index in [0.717, 1.165) is 41.1 Å². The van der Waals surface area contributed by atoms with E-state index < -0.39 is 0 Å². The van der Waals surface area contributed by atoms with Crippen molar-refractivity contribution in [2.75, 3.05) is 0 Å². The second kappa shape index (κ2) is 7.27. The Hall–Kier alpha value is -3.15. The molecule has 3 unspecified atom stereocenters. The Morgan fingerprint density at radius 2 is 2.03 bits per heavy atom. The van der Waals surface area contributed by atoms with Crippen LogP contribution in [-0.4, -0.2) is 21.0 Å².